The van der Waals surface area contributed by atoms with E-state index in [1.54, 1.807) is 24.4 Å². The third-order valence-electron chi connectivity index (χ3n) is 4.75. The molecule has 0 aliphatic carbocycles. The van der Waals surface area contributed by atoms with Gasteiger partial charge in [0.05, 0.1) is 11.8 Å². The maximum absolute atomic E-state index is 12.9. The summed E-state index contributed by atoms with van der Waals surface area (Å²) in [6.07, 6.45) is -2.92. The summed E-state index contributed by atoms with van der Waals surface area (Å²) in [5, 5.41) is 5.69. The third-order valence-corrected chi connectivity index (χ3v) is 4.75. The lowest BCUT2D eigenvalue weighted by Crippen LogP contribution is -2.14. The summed E-state index contributed by atoms with van der Waals surface area (Å²) in [7, 11) is 0. The number of nitrogens with zero attached hydrogens (tertiary/aromatic N) is 1. The molecule has 0 aliphatic heterocycles. The average molecular weight is 437 g/mol. The van der Waals surface area contributed by atoms with Crippen molar-refractivity contribution in [3.63, 3.8) is 0 Å². The van der Waals surface area contributed by atoms with Crippen LogP contribution in [-0.4, -0.2) is 10.9 Å². The Hall–Kier alpha value is -4.07. The molecule has 2 N–H and O–H groups in total. The molecule has 4 aromatic rings. The number of amides is 1. The molecule has 1 heterocycles. The van der Waals surface area contributed by atoms with Crippen molar-refractivity contribution < 1.29 is 22.4 Å². The van der Waals surface area contributed by atoms with Gasteiger partial charge in [-0.05, 0) is 42.8 Å². The number of anilines is 3. The molecule has 0 saturated carbocycles. The van der Waals surface area contributed by atoms with Crippen molar-refractivity contribution in [3.05, 3.63) is 95.7 Å². The number of oxazole rings is 1. The first-order valence-electron chi connectivity index (χ1n) is 9.67. The van der Waals surface area contributed by atoms with Gasteiger partial charge in [0.1, 0.15) is 0 Å². The van der Waals surface area contributed by atoms with Gasteiger partial charge in [0.2, 0.25) is 0 Å². The van der Waals surface area contributed by atoms with Crippen molar-refractivity contribution >= 4 is 23.3 Å². The minimum Gasteiger partial charge on any atom is -0.423 e. The van der Waals surface area contributed by atoms with Crippen LogP contribution in [-0.2, 0) is 6.18 Å². The van der Waals surface area contributed by atoms with Crippen LogP contribution in [0.3, 0.4) is 0 Å². The fourth-order valence-corrected chi connectivity index (χ4v) is 3.06. The molecule has 1 amide bonds. The third kappa shape index (κ3) is 4.80. The van der Waals surface area contributed by atoms with E-state index in [-0.39, 0.29) is 11.6 Å². The number of aromatic nitrogens is 1. The van der Waals surface area contributed by atoms with Gasteiger partial charge in [0, 0.05) is 22.5 Å². The van der Waals surface area contributed by atoms with Gasteiger partial charge >= 0.3 is 6.18 Å². The van der Waals surface area contributed by atoms with Crippen molar-refractivity contribution in [2.75, 3.05) is 10.6 Å². The fraction of sp³-hybridized carbons (Fsp3) is 0.0833. The Bertz CT molecular complexity index is 1250. The molecule has 0 bridgehead atoms. The highest BCUT2D eigenvalue weighted by Crippen LogP contribution is 2.30. The number of nitrogens with one attached hydrogen (secondary N) is 2. The second kappa shape index (κ2) is 8.58. The Kier molecular flexibility index (Phi) is 5.68. The maximum atomic E-state index is 12.9. The molecule has 4 rings (SSSR count). The number of hydrogen-bond donors (Lipinski definition) is 2. The summed E-state index contributed by atoms with van der Waals surface area (Å²) in [6, 6.07) is 19.1. The molecule has 0 radical (unpaired) electrons. The summed E-state index contributed by atoms with van der Waals surface area (Å²) in [6.45, 7) is 1.86. The zero-order chi connectivity index (χ0) is 22.7. The van der Waals surface area contributed by atoms with E-state index in [9.17, 15) is 18.0 Å². The Labute approximate surface area is 181 Å². The zero-order valence-corrected chi connectivity index (χ0v) is 16.9. The smallest absolute Gasteiger partial charge is 0.416 e. The second-order valence-corrected chi connectivity index (χ2v) is 7.08. The summed E-state index contributed by atoms with van der Waals surface area (Å²) >= 11 is 0. The van der Waals surface area contributed by atoms with E-state index in [1.807, 2.05) is 37.3 Å². The summed E-state index contributed by atoms with van der Waals surface area (Å²) in [5.74, 6) is -0.0480. The van der Waals surface area contributed by atoms with E-state index >= 15 is 0 Å². The number of aryl methyl sites for hydroxylation is 1. The highest BCUT2D eigenvalue weighted by atomic mass is 19.4. The van der Waals surface area contributed by atoms with Crippen LogP contribution in [0.15, 0.2) is 83.4 Å². The number of halogens is 3. The predicted molar refractivity (Wildman–Crippen MR) is 116 cm³/mol. The van der Waals surface area contributed by atoms with E-state index in [1.165, 1.54) is 12.1 Å². The Morgan fingerprint density at radius 1 is 0.969 bits per heavy atom. The van der Waals surface area contributed by atoms with Gasteiger partial charge in [-0.3, -0.25) is 4.79 Å². The quantitative estimate of drug-likeness (QED) is 0.366. The molecule has 0 atom stereocenters. The number of rotatable bonds is 5. The largest absolute Gasteiger partial charge is 0.423 e. The van der Waals surface area contributed by atoms with E-state index in [0.29, 0.717) is 17.1 Å². The van der Waals surface area contributed by atoms with Crippen molar-refractivity contribution in [2.24, 2.45) is 0 Å². The van der Waals surface area contributed by atoms with Gasteiger partial charge in [-0.1, -0.05) is 42.5 Å². The van der Waals surface area contributed by atoms with Crippen LogP contribution in [0.4, 0.5) is 30.6 Å². The predicted octanol–water partition coefficient (Wildman–Crippen LogP) is 6.66. The first-order valence-corrected chi connectivity index (χ1v) is 9.67. The van der Waals surface area contributed by atoms with Crippen LogP contribution >= 0.6 is 0 Å². The standard InChI is InChI=1S/C24H18F3N3O2/c1-15-10-11-19(29-22(31)17-8-5-9-18(12-17)24(25,26)27)13-20(15)30-23-28-14-21(32-23)16-6-3-2-4-7-16/h2-14H,1H3,(H,28,30)(H,29,31). The SMILES string of the molecule is Cc1ccc(NC(=O)c2cccc(C(F)(F)F)c2)cc1Nc1ncc(-c2ccccc2)o1. The molecule has 0 aliphatic rings. The summed E-state index contributed by atoms with van der Waals surface area (Å²) in [4.78, 5) is 16.7. The zero-order valence-electron chi connectivity index (χ0n) is 16.9. The first kappa shape index (κ1) is 21.2. The first-order chi connectivity index (χ1) is 15.3. The average Bonchev–Trinajstić information content (AvgIpc) is 3.25. The number of carbonyl (C=O) groups excluding carboxylic acids is 1. The number of alkyl halides is 3. The Morgan fingerprint density at radius 3 is 2.50 bits per heavy atom. The van der Waals surface area contributed by atoms with Gasteiger partial charge in [0.25, 0.3) is 11.9 Å². The Morgan fingerprint density at radius 2 is 1.75 bits per heavy atom. The van der Waals surface area contributed by atoms with Crippen molar-refractivity contribution in [2.45, 2.75) is 13.1 Å². The normalized spacial score (nSPS) is 11.2. The second-order valence-electron chi connectivity index (χ2n) is 7.08. The van der Waals surface area contributed by atoms with Crippen molar-refractivity contribution in [1.82, 2.24) is 4.98 Å². The molecular weight excluding hydrogens is 419 g/mol. The van der Waals surface area contributed by atoms with Crippen LogP contribution < -0.4 is 10.6 Å². The highest BCUT2D eigenvalue weighted by Gasteiger charge is 2.30. The molecule has 32 heavy (non-hydrogen) atoms. The van der Waals surface area contributed by atoms with Crippen molar-refractivity contribution in [3.8, 4) is 11.3 Å². The van der Waals surface area contributed by atoms with Gasteiger partial charge in [-0.25, -0.2) is 4.98 Å². The van der Waals surface area contributed by atoms with Crippen LogP contribution in [0, 0.1) is 6.92 Å². The number of hydrogen-bond acceptors (Lipinski definition) is 4. The monoisotopic (exact) mass is 437 g/mol. The van der Waals surface area contributed by atoms with E-state index < -0.39 is 17.6 Å². The molecule has 5 nitrogen and oxygen atoms in total. The molecule has 0 saturated heterocycles. The summed E-state index contributed by atoms with van der Waals surface area (Å²) in [5.41, 5.74) is 1.82. The van der Waals surface area contributed by atoms with Crippen LogP contribution in [0.1, 0.15) is 21.5 Å². The maximum Gasteiger partial charge on any atom is 0.416 e. The lowest BCUT2D eigenvalue weighted by Gasteiger charge is -2.12. The van der Waals surface area contributed by atoms with Gasteiger partial charge in [0.15, 0.2) is 5.76 Å². The van der Waals surface area contributed by atoms with Crippen molar-refractivity contribution in [1.29, 1.82) is 0 Å². The van der Waals surface area contributed by atoms with Crippen LogP contribution in [0.2, 0.25) is 0 Å². The topological polar surface area (TPSA) is 67.2 Å². The molecule has 8 heteroatoms. The minimum absolute atomic E-state index is 0.0879. The molecular formula is C24H18F3N3O2. The molecule has 162 valence electrons. The highest BCUT2D eigenvalue weighted by molar-refractivity contribution is 6.04. The van der Waals surface area contributed by atoms with E-state index in [4.69, 9.17) is 4.42 Å². The fourth-order valence-electron chi connectivity index (χ4n) is 3.06. The summed E-state index contributed by atoms with van der Waals surface area (Å²) < 4.78 is 44.5. The lowest BCUT2D eigenvalue weighted by atomic mass is 10.1. The molecule has 0 fully saturated rings. The van der Waals surface area contributed by atoms with E-state index in [0.717, 1.165) is 23.3 Å². The minimum atomic E-state index is -4.52. The van der Waals surface area contributed by atoms with Gasteiger partial charge in [-0.15, -0.1) is 0 Å². The lowest BCUT2D eigenvalue weighted by molar-refractivity contribution is -0.137. The molecule has 3 aromatic carbocycles. The number of benzene rings is 3. The van der Waals surface area contributed by atoms with Gasteiger partial charge in [-0.2, -0.15) is 13.2 Å². The van der Waals surface area contributed by atoms with Crippen LogP contribution in [0.5, 0.6) is 0 Å². The number of carbonyl (C=O) groups is 1. The van der Waals surface area contributed by atoms with Crippen LogP contribution in [0.25, 0.3) is 11.3 Å². The molecule has 1 aromatic heterocycles. The Balaban J connectivity index is 1.51. The molecule has 0 unspecified atom stereocenters. The van der Waals surface area contributed by atoms with Gasteiger partial charge < -0.3 is 15.1 Å². The molecule has 0 spiro atoms. The van der Waals surface area contributed by atoms with E-state index in [2.05, 4.69) is 15.6 Å².